The number of nitrogens with zero attached hydrogens (tertiary/aromatic N) is 5. The maximum absolute atomic E-state index is 13.9. The van der Waals surface area contributed by atoms with Gasteiger partial charge in [0.15, 0.2) is 5.76 Å². The number of amides is 3. The topological polar surface area (TPSA) is 140 Å². The van der Waals surface area contributed by atoms with Crippen LogP contribution in [0.1, 0.15) is 60.3 Å². The number of benzene rings is 4. The number of anilines is 1. The van der Waals surface area contributed by atoms with E-state index in [0.29, 0.717) is 36.7 Å². The van der Waals surface area contributed by atoms with Crippen LogP contribution in [0, 0.1) is 6.92 Å². The molecular weight excluding hydrogens is 729 g/mol. The number of hydrogen-bond donors (Lipinski definition) is 3. The molecule has 2 aliphatic rings. The van der Waals surface area contributed by atoms with Gasteiger partial charge in [0.25, 0.3) is 0 Å². The van der Waals surface area contributed by atoms with Gasteiger partial charge in [0.1, 0.15) is 17.9 Å². The van der Waals surface area contributed by atoms with Crippen molar-refractivity contribution in [3.05, 3.63) is 126 Å². The standard InChI is InChI=1S/C46H50N8O4/c1-29-34(17-11-18-35(29)51-44(56)39-19-12-24-53(39)46(57)42(52(3)4)31-15-9-6-10-16-31)45-48-28-40(58-45)32-20-22-36-37(26-32)50-43(49-36)38-23-21-33(27-47-2)54(38)41(55)25-30-13-7-5-8-14-30/h5-11,13-18,20,22,26,28,33,38-39,42,47H,12,19,21,23-25,27H2,1-4H3,(H,49,50)(H,51,56)/t33?,38-,39-,42+/m0/s1. The van der Waals surface area contributed by atoms with Gasteiger partial charge in [-0.25, -0.2) is 9.97 Å². The van der Waals surface area contributed by atoms with Gasteiger partial charge < -0.3 is 29.8 Å². The van der Waals surface area contributed by atoms with Gasteiger partial charge in [-0.05, 0) is 101 Å². The Labute approximate surface area is 338 Å². The molecule has 2 saturated heterocycles. The lowest BCUT2D eigenvalue weighted by Gasteiger charge is -2.31. The lowest BCUT2D eigenvalue weighted by molar-refractivity contribution is -0.140. The van der Waals surface area contributed by atoms with E-state index in [-0.39, 0.29) is 29.8 Å². The number of rotatable bonds is 12. The van der Waals surface area contributed by atoms with Crippen LogP contribution >= 0.6 is 0 Å². The molecule has 3 N–H and O–H groups in total. The Hall–Kier alpha value is -6.11. The highest BCUT2D eigenvalue weighted by Gasteiger charge is 2.40. The normalized spacial score (nSPS) is 18.6. The van der Waals surface area contributed by atoms with Crippen molar-refractivity contribution in [2.75, 3.05) is 39.5 Å². The molecule has 298 valence electrons. The minimum absolute atomic E-state index is 0.0798. The van der Waals surface area contributed by atoms with Crippen molar-refractivity contribution >= 4 is 34.4 Å². The predicted molar refractivity (Wildman–Crippen MR) is 225 cm³/mol. The fraction of sp³-hybridized carbons (Fsp3) is 0.326. The van der Waals surface area contributed by atoms with Crippen molar-refractivity contribution in [2.45, 2.75) is 63.2 Å². The average Bonchev–Trinajstić information content (AvgIpc) is 4.06. The summed E-state index contributed by atoms with van der Waals surface area (Å²) in [7, 11) is 5.69. The van der Waals surface area contributed by atoms with E-state index in [1.807, 2.05) is 135 Å². The molecule has 3 amide bonds. The van der Waals surface area contributed by atoms with Gasteiger partial charge in [-0.15, -0.1) is 0 Å². The molecule has 0 radical (unpaired) electrons. The van der Waals surface area contributed by atoms with Crippen LogP contribution in [0.4, 0.5) is 5.69 Å². The summed E-state index contributed by atoms with van der Waals surface area (Å²) in [5.74, 6) is 1.59. The molecule has 2 aliphatic heterocycles. The molecule has 4 aromatic carbocycles. The number of hydrogen-bond acceptors (Lipinski definition) is 8. The highest BCUT2D eigenvalue weighted by molar-refractivity contribution is 5.99. The van der Waals surface area contributed by atoms with Crippen LogP contribution in [0.15, 0.2) is 108 Å². The van der Waals surface area contributed by atoms with Crippen LogP contribution < -0.4 is 10.6 Å². The number of carbonyl (C=O) groups excluding carboxylic acids is 3. The summed E-state index contributed by atoms with van der Waals surface area (Å²) < 4.78 is 6.36. The zero-order valence-electron chi connectivity index (χ0n) is 33.4. The Morgan fingerprint density at radius 2 is 1.72 bits per heavy atom. The van der Waals surface area contributed by atoms with Crippen molar-refractivity contribution in [1.82, 2.24) is 35.0 Å². The number of H-pyrrole nitrogens is 1. The lowest BCUT2D eigenvalue weighted by atomic mass is 10.0. The fourth-order valence-corrected chi connectivity index (χ4v) is 8.68. The summed E-state index contributed by atoms with van der Waals surface area (Å²) in [5, 5.41) is 6.38. The van der Waals surface area contributed by atoms with Gasteiger partial charge in [0.05, 0.1) is 29.7 Å². The lowest BCUT2D eigenvalue weighted by Crippen LogP contribution is -2.47. The number of carbonyl (C=O) groups is 3. The van der Waals surface area contributed by atoms with E-state index in [2.05, 4.69) is 20.6 Å². The number of likely N-dealkylation sites (tertiary alicyclic amines) is 2. The Balaban J connectivity index is 0.984. The van der Waals surface area contributed by atoms with Gasteiger partial charge in [-0.2, -0.15) is 0 Å². The summed E-state index contributed by atoms with van der Waals surface area (Å²) in [6.45, 7) is 3.18. The van der Waals surface area contributed by atoms with Gasteiger partial charge >= 0.3 is 0 Å². The Morgan fingerprint density at radius 3 is 2.48 bits per heavy atom. The van der Waals surface area contributed by atoms with E-state index in [1.165, 1.54) is 0 Å². The summed E-state index contributed by atoms with van der Waals surface area (Å²) in [6.07, 6.45) is 5.12. The molecule has 0 bridgehead atoms. The zero-order chi connectivity index (χ0) is 40.3. The minimum atomic E-state index is -0.575. The summed E-state index contributed by atoms with van der Waals surface area (Å²) in [4.78, 5) is 60.2. The molecule has 2 aromatic heterocycles. The van der Waals surface area contributed by atoms with Crippen molar-refractivity contribution in [3.8, 4) is 22.8 Å². The van der Waals surface area contributed by atoms with E-state index in [0.717, 1.165) is 70.5 Å². The van der Waals surface area contributed by atoms with Crippen molar-refractivity contribution in [3.63, 3.8) is 0 Å². The smallest absolute Gasteiger partial charge is 0.247 e. The third kappa shape index (κ3) is 7.77. The number of aromatic amines is 1. The number of likely N-dealkylation sites (N-methyl/N-ethyl adjacent to an activating group) is 2. The third-order valence-electron chi connectivity index (χ3n) is 11.6. The third-order valence-corrected chi connectivity index (χ3v) is 11.6. The van der Waals surface area contributed by atoms with E-state index < -0.39 is 12.1 Å². The molecule has 12 heteroatoms. The SMILES string of the molecule is CNCC1CC[C@@H](c2nc3ccc(-c4cnc(-c5cccc(NC(=O)[C@@H]6CCCN6C(=O)[C@@H](c6ccccc6)N(C)C)c5C)o4)cc3[nH]2)N1C(=O)Cc1ccccc1. The first-order chi connectivity index (χ1) is 28.2. The molecule has 0 aliphatic carbocycles. The number of oxazole rings is 1. The summed E-state index contributed by atoms with van der Waals surface area (Å²) >= 11 is 0. The maximum atomic E-state index is 13.9. The highest BCUT2D eigenvalue weighted by Crippen LogP contribution is 2.38. The van der Waals surface area contributed by atoms with Crippen molar-refractivity contribution in [2.24, 2.45) is 0 Å². The van der Waals surface area contributed by atoms with Crippen LogP contribution in [0.2, 0.25) is 0 Å². The Kier molecular flexibility index (Phi) is 11.2. The first-order valence-electron chi connectivity index (χ1n) is 20.1. The molecule has 6 aromatic rings. The monoisotopic (exact) mass is 778 g/mol. The zero-order valence-corrected chi connectivity index (χ0v) is 33.4. The fourth-order valence-electron chi connectivity index (χ4n) is 8.68. The van der Waals surface area contributed by atoms with E-state index in [1.54, 1.807) is 11.1 Å². The van der Waals surface area contributed by atoms with E-state index >= 15 is 0 Å². The minimum Gasteiger partial charge on any atom is -0.436 e. The van der Waals surface area contributed by atoms with Gasteiger partial charge in [0, 0.05) is 35.9 Å². The molecule has 4 atom stereocenters. The second-order valence-corrected chi connectivity index (χ2v) is 15.6. The van der Waals surface area contributed by atoms with E-state index in [4.69, 9.17) is 9.40 Å². The predicted octanol–water partition coefficient (Wildman–Crippen LogP) is 6.92. The number of nitrogens with one attached hydrogen (secondary N) is 3. The van der Waals surface area contributed by atoms with Crippen LogP contribution in [0.25, 0.3) is 33.8 Å². The number of aromatic nitrogens is 3. The largest absolute Gasteiger partial charge is 0.436 e. The Morgan fingerprint density at radius 1 is 0.948 bits per heavy atom. The molecule has 0 spiro atoms. The Bertz CT molecular complexity index is 2410. The van der Waals surface area contributed by atoms with Crippen LogP contribution in [0.3, 0.4) is 0 Å². The molecular formula is C46H50N8O4. The van der Waals surface area contributed by atoms with Crippen molar-refractivity contribution < 1.29 is 18.8 Å². The second kappa shape index (κ2) is 16.8. The first kappa shape index (κ1) is 38.7. The summed E-state index contributed by atoms with van der Waals surface area (Å²) in [5.41, 5.74) is 6.58. The highest BCUT2D eigenvalue weighted by atomic mass is 16.4. The molecule has 4 heterocycles. The van der Waals surface area contributed by atoms with Crippen LogP contribution in [0.5, 0.6) is 0 Å². The van der Waals surface area contributed by atoms with Gasteiger partial charge in [-0.3, -0.25) is 19.3 Å². The maximum Gasteiger partial charge on any atom is 0.247 e. The van der Waals surface area contributed by atoms with Crippen LogP contribution in [-0.4, -0.2) is 93.7 Å². The quantitative estimate of drug-likeness (QED) is 0.122. The van der Waals surface area contributed by atoms with Crippen molar-refractivity contribution in [1.29, 1.82) is 0 Å². The molecule has 1 unspecified atom stereocenters. The van der Waals surface area contributed by atoms with E-state index in [9.17, 15) is 14.4 Å². The first-order valence-corrected chi connectivity index (χ1v) is 20.1. The number of fused-ring (bicyclic) bond motifs is 1. The van der Waals surface area contributed by atoms with Crippen LogP contribution in [-0.2, 0) is 20.8 Å². The molecule has 0 saturated carbocycles. The molecule has 2 fully saturated rings. The number of imidazole rings is 1. The molecule has 58 heavy (non-hydrogen) atoms. The summed E-state index contributed by atoms with van der Waals surface area (Å²) in [6, 6.07) is 30.0. The van der Waals surface area contributed by atoms with Gasteiger partial charge in [0.2, 0.25) is 23.6 Å². The van der Waals surface area contributed by atoms with Gasteiger partial charge in [-0.1, -0.05) is 66.7 Å². The molecule has 8 rings (SSSR count). The molecule has 12 nitrogen and oxygen atoms in total. The average molecular weight is 779 g/mol. The second-order valence-electron chi connectivity index (χ2n) is 15.6.